The fourth-order valence-corrected chi connectivity index (χ4v) is 2.50. The van der Waals surface area contributed by atoms with E-state index in [1.165, 1.54) is 0 Å². The van der Waals surface area contributed by atoms with Crippen LogP contribution in [0.1, 0.15) is 22.0 Å². The van der Waals surface area contributed by atoms with Crippen molar-refractivity contribution >= 4 is 32.6 Å². The third-order valence-corrected chi connectivity index (χ3v) is 3.82. The molecular formula is C16H12BrNO2. The first-order valence-electron chi connectivity index (χ1n) is 6.20. The summed E-state index contributed by atoms with van der Waals surface area (Å²) in [5, 5.41) is 11.2. The Morgan fingerprint density at radius 3 is 2.55 bits per heavy atom. The molecule has 3 aromatic rings. The quantitative estimate of drug-likeness (QED) is 0.717. The highest BCUT2D eigenvalue weighted by atomic mass is 79.9. The van der Waals surface area contributed by atoms with Gasteiger partial charge in [-0.3, -0.25) is 4.79 Å². The van der Waals surface area contributed by atoms with E-state index < -0.39 is 6.10 Å². The topological polar surface area (TPSA) is 53.1 Å². The average Bonchev–Trinajstić information content (AvgIpc) is 2.90. The fourth-order valence-electron chi connectivity index (χ4n) is 2.23. The molecule has 0 aliphatic heterocycles. The van der Waals surface area contributed by atoms with E-state index in [9.17, 15) is 9.90 Å². The van der Waals surface area contributed by atoms with Crippen LogP contribution in [0.4, 0.5) is 0 Å². The van der Waals surface area contributed by atoms with Gasteiger partial charge in [0.15, 0.2) is 5.78 Å². The molecular weight excluding hydrogens is 318 g/mol. The molecule has 0 unspecified atom stereocenters. The summed E-state index contributed by atoms with van der Waals surface area (Å²) in [6, 6.07) is 14.6. The van der Waals surface area contributed by atoms with E-state index in [0.29, 0.717) is 11.1 Å². The van der Waals surface area contributed by atoms with Crippen molar-refractivity contribution < 1.29 is 9.90 Å². The van der Waals surface area contributed by atoms with Gasteiger partial charge < -0.3 is 10.1 Å². The van der Waals surface area contributed by atoms with Crippen molar-refractivity contribution in [1.82, 2.24) is 4.98 Å². The number of aliphatic hydroxyl groups is 1. The third kappa shape index (κ3) is 2.28. The van der Waals surface area contributed by atoms with Crippen LogP contribution in [0.3, 0.4) is 0 Å². The van der Waals surface area contributed by atoms with Crippen molar-refractivity contribution in [3.63, 3.8) is 0 Å². The van der Waals surface area contributed by atoms with Crippen LogP contribution in [0.5, 0.6) is 0 Å². The molecule has 0 bridgehead atoms. The van der Waals surface area contributed by atoms with Gasteiger partial charge >= 0.3 is 0 Å². The molecule has 0 spiro atoms. The molecule has 20 heavy (non-hydrogen) atoms. The number of Topliss-reactive ketones (excluding diaryl/α,β-unsaturated/α-hetero) is 1. The summed E-state index contributed by atoms with van der Waals surface area (Å²) in [4.78, 5) is 15.4. The van der Waals surface area contributed by atoms with E-state index in [0.717, 1.165) is 15.4 Å². The maximum Gasteiger partial charge on any atom is 0.195 e. The lowest BCUT2D eigenvalue weighted by Gasteiger charge is -2.09. The monoisotopic (exact) mass is 329 g/mol. The molecule has 1 heterocycles. The summed E-state index contributed by atoms with van der Waals surface area (Å²) in [6.45, 7) is 0. The minimum absolute atomic E-state index is 0.303. The first-order valence-corrected chi connectivity index (χ1v) is 7.00. The second-order valence-corrected chi connectivity index (χ2v) is 5.48. The summed E-state index contributed by atoms with van der Waals surface area (Å²) >= 11 is 3.32. The van der Waals surface area contributed by atoms with Crippen molar-refractivity contribution in [3.05, 3.63) is 70.3 Å². The van der Waals surface area contributed by atoms with E-state index in [-0.39, 0.29) is 5.78 Å². The number of H-pyrrole nitrogens is 1. The Morgan fingerprint density at radius 2 is 1.80 bits per heavy atom. The van der Waals surface area contributed by atoms with E-state index >= 15 is 0 Å². The first-order chi connectivity index (χ1) is 9.66. The molecule has 0 aliphatic carbocycles. The van der Waals surface area contributed by atoms with Crippen LogP contribution >= 0.6 is 15.9 Å². The molecule has 3 nitrogen and oxygen atoms in total. The Morgan fingerprint density at radius 1 is 1.10 bits per heavy atom. The summed E-state index contributed by atoms with van der Waals surface area (Å²) in [5.74, 6) is -0.303. The zero-order chi connectivity index (χ0) is 14.1. The van der Waals surface area contributed by atoms with E-state index in [1.54, 1.807) is 30.5 Å². The van der Waals surface area contributed by atoms with Crippen LogP contribution in [0, 0.1) is 0 Å². The van der Waals surface area contributed by atoms with Crippen molar-refractivity contribution in [3.8, 4) is 0 Å². The lowest BCUT2D eigenvalue weighted by molar-refractivity contribution is 0.0750. The normalized spacial score (nSPS) is 12.5. The summed E-state index contributed by atoms with van der Waals surface area (Å²) in [5.41, 5.74) is 2.00. The zero-order valence-electron chi connectivity index (χ0n) is 10.5. The number of ketones is 1. The number of hydrogen-bond donors (Lipinski definition) is 2. The second kappa shape index (κ2) is 5.23. The first kappa shape index (κ1) is 13.1. The number of benzene rings is 2. The van der Waals surface area contributed by atoms with Crippen LogP contribution < -0.4 is 0 Å². The molecule has 0 aliphatic rings. The highest BCUT2D eigenvalue weighted by molar-refractivity contribution is 9.10. The number of hydrogen-bond acceptors (Lipinski definition) is 2. The number of rotatable bonds is 3. The van der Waals surface area contributed by atoms with E-state index in [4.69, 9.17) is 0 Å². The number of aromatic amines is 1. The van der Waals surface area contributed by atoms with Crippen LogP contribution in [-0.4, -0.2) is 15.9 Å². The van der Waals surface area contributed by atoms with Crippen molar-refractivity contribution in [2.75, 3.05) is 0 Å². The van der Waals surface area contributed by atoms with Crippen LogP contribution in [0.25, 0.3) is 10.9 Å². The molecule has 3 rings (SSSR count). The van der Waals surface area contributed by atoms with Gasteiger partial charge in [-0.15, -0.1) is 0 Å². The van der Waals surface area contributed by atoms with E-state index in [2.05, 4.69) is 20.9 Å². The Kier molecular flexibility index (Phi) is 3.42. The highest BCUT2D eigenvalue weighted by Crippen LogP contribution is 2.26. The fraction of sp³-hybridized carbons (Fsp3) is 0.0625. The molecule has 0 radical (unpaired) electrons. The van der Waals surface area contributed by atoms with Gasteiger partial charge in [0.1, 0.15) is 6.10 Å². The maximum absolute atomic E-state index is 12.3. The summed E-state index contributed by atoms with van der Waals surface area (Å²) in [6.07, 6.45) is 0.527. The van der Waals surface area contributed by atoms with Gasteiger partial charge in [0.05, 0.1) is 0 Å². The van der Waals surface area contributed by atoms with Crippen molar-refractivity contribution in [2.45, 2.75) is 6.10 Å². The molecule has 2 N–H and O–H groups in total. The summed E-state index contributed by atoms with van der Waals surface area (Å²) in [7, 11) is 0. The number of fused-ring (bicyclic) bond motifs is 1. The van der Waals surface area contributed by atoms with Crippen molar-refractivity contribution in [1.29, 1.82) is 0 Å². The Labute approximate surface area is 124 Å². The third-order valence-electron chi connectivity index (χ3n) is 3.29. The number of halogens is 1. The van der Waals surface area contributed by atoms with Crippen LogP contribution in [0.15, 0.2) is 59.2 Å². The van der Waals surface area contributed by atoms with Gasteiger partial charge in [-0.05, 0) is 18.2 Å². The predicted molar refractivity (Wildman–Crippen MR) is 81.7 cm³/mol. The molecule has 2 aromatic carbocycles. The standard InChI is InChI=1S/C16H12BrNO2/c17-11-7-5-10(6-8-11)15(19)16(20)13-9-18-14-4-2-1-3-12(13)14/h1-9,16,18,20H/t16-/m0/s1. The number of aliphatic hydroxyl groups excluding tert-OH is 1. The van der Waals surface area contributed by atoms with Crippen molar-refractivity contribution in [2.24, 2.45) is 0 Å². The van der Waals surface area contributed by atoms with Gasteiger partial charge in [0.25, 0.3) is 0 Å². The molecule has 0 saturated carbocycles. The molecule has 4 heteroatoms. The molecule has 1 aromatic heterocycles. The van der Waals surface area contributed by atoms with E-state index in [1.807, 2.05) is 24.3 Å². The lowest BCUT2D eigenvalue weighted by atomic mass is 9.99. The minimum atomic E-state index is -1.16. The number of nitrogens with one attached hydrogen (secondary N) is 1. The minimum Gasteiger partial charge on any atom is -0.380 e. The molecule has 0 amide bonds. The van der Waals surface area contributed by atoms with Gasteiger partial charge in [0, 0.05) is 32.7 Å². The van der Waals surface area contributed by atoms with Gasteiger partial charge in [-0.2, -0.15) is 0 Å². The molecule has 100 valence electrons. The van der Waals surface area contributed by atoms with Crippen LogP contribution in [-0.2, 0) is 0 Å². The van der Waals surface area contributed by atoms with Gasteiger partial charge in [0.2, 0.25) is 0 Å². The molecule has 0 fully saturated rings. The molecule has 1 atom stereocenters. The Bertz CT molecular complexity index is 762. The predicted octanol–water partition coefficient (Wildman–Crippen LogP) is 3.85. The number of para-hydroxylation sites is 1. The largest absolute Gasteiger partial charge is 0.380 e. The lowest BCUT2D eigenvalue weighted by Crippen LogP contribution is -2.11. The number of carbonyl (C=O) groups is 1. The zero-order valence-corrected chi connectivity index (χ0v) is 12.1. The van der Waals surface area contributed by atoms with Crippen LogP contribution in [0.2, 0.25) is 0 Å². The molecule has 0 saturated heterocycles. The highest BCUT2D eigenvalue weighted by Gasteiger charge is 2.21. The summed E-state index contributed by atoms with van der Waals surface area (Å²) < 4.78 is 0.899. The van der Waals surface area contributed by atoms with Gasteiger partial charge in [-0.25, -0.2) is 0 Å². The Balaban J connectivity index is 1.97. The second-order valence-electron chi connectivity index (χ2n) is 4.56. The SMILES string of the molecule is O=C(c1ccc(Br)cc1)[C@@H](O)c1c[nH]c2ccccc12. The Hall–Kier alpha value is -1.91. The number of aromatic nitrogens is 1. The maximum atomic E-state index is 12.3. The number of carbonyl (C=O) groups excluding carboxylic acids is 1. The average molecular weight is 330 g/mol. The smallest absolute Gasteiger partial charge is 0.195 e. The van der Waals surface area contributed by atoms with Gasteiger partial charge in [-0.1, -0.05) is 46.3 Å².